The number of ether oxygens (including phenoxy) is 1. The lowest BCUT2D eigenvalue weighted by molar-refractivity contribution is 0.406. The Kier molecular flexibility index (Phi) is 6.14. The first kappa shape index (κ1) is 14.4. The summed E-state index contributed by atoms with van der Waals surface area (Å²) in [5, 5.41) is 0. The molecule has 0 atom stereocenters. The molecule has 1 aromatic heterocycles. The minimum atomic E-state index is 0.496. The van der Waals surface area contributed by atoms with Crippen LogP contribution in [0, 0.1) is 0 Å². The van der Waals surface area contributed by atoms with Crippen LogP contribution >= 0.6 is 11.8 Å². The molecule has 0 fully saturated rings. The lowest BCUT2D eigenvalue weighted by atomic mass is 10.2. The number of methoxy groups -OCH3 is 1. The van der Waals surface area contributed by atoms with E-state index in [4.69, 9.17) is 4.74 Å². The summed E-state index contributed by atoms with van der Waals surface area (Å²) in [5.74, 6) is 1.47. The second kappa shape index (κ2) is 7.66. The highest BCUT2D eigenvalue weighted by molar-refractivity contribution is 7.99. The van der Waals surface area contributed by atoms with Crippen molar-refractivity contribution >= 4 is 30.1 Å². The minimum Gasteiger partial charge on any atom is -0.481 e. The van der Waals surface area contributed by atoms with Crippen LogP contribution in [0.5, 0.6) is 0 Å². The summed E-state index contributed by atoms with van der Waals surface area (Å²) in [5.41, 5.74) is 1.46. The Balaban J connectivity index is 3.20. The van der Waals surface area contributed by atoms with Crippen molar-refractivity contribution in [3.8, 4) is 0 Å². The minimum absolute atomic E-state index is 0.496. The van der Waals surface area contributed by atoms with Gasteiger partial charge in [0, 0.05) is 24.2 Å². The van der Waals surface area contributed by atoms with E-state index in [1.165, 1.54) is 0 Å². The van der Waals surface area contributed by atoms with Gasteiger partial charge in [0.05, 0.1) is 12.8 Å². The van der Waals surface area contributed by atoms with Crippen LogP contribution in [0.25, 0.3) is 5.70 Å². The van der Waals surface area contributed by atoms with Gasteiger partial charge in [-0.05, 0) is 24.6 Å². The molecule has 0 radical (unpaired) electrons. The fourth-order valence-electron chi connectivity index (χ4n) is 1.38. The molecule has 0 spiro atoms. The van der Waals surface area contributed by atoms with Gasteiger partial charge in [-0.2, -0.15) is 0 Å². The number of nitrogens with zero attached hydrogens (tertiary/aromatic N) is 3. The van der Waals surface area contributed by atoms with Gasteiger partial charge in [-0.1, -0.05) is 6.92 Å². The van der Waals surface area contributed by atoms with Crippen LogP contribution in [0.4, 0.5) is 0 Å². The first-order valence-corrected chi connectivity index (χ1v) is 6.52. The molecule has 0 aromatic carbocycles. The second-order valence-corrected chi connectivity index (χ2v) is 4.54. The molecule has 18 heavy (non-hydrogen) atoms. The monoisotopic (exact) mass is 263 g/mol. The molecule has 0 saturated heterocycles. The predicted molar refractivity (Wildman–Crippen MR) is 78.5 cm³/mol. The number of hydrogen-bond donors (Lipinski definition) is 0. The molecule has 0 saturated carbocycles. The number of rotatable bonds is 5. The second-order valence-electron chi connectivity index (χ2n) is 3.24. The average molecular weight is 263 g/mol. The van der Waals surface area contributed by atoms with E-state index in [2.05, 4.69) is 28.6 Å². The fraction of sp³-hybridized carbons (Fsp3) is 0.308. The van der Waals surface area contributed by atoms with Gasteiger partial charge in [0.1, 0.15) is 5.69 Å². The maximum Gasteiger partial charge on any atom is 0.210 e. The SMILES string of the molecule is C=N/C(=C\C(=N/C)OC)c1ncccc1SCC. The van der Waals surface area contributed by atoms with Crippen molar-refractivity contribution < 1.29 is 4.74 Å². The Labute approximate surface area is 112 Å². The van der Waals surface area contributed by atoms with Gasteiger partial charge in [0.2, 0.25) is 5.90 Å². The molecular weight excluding hydrogens is 246 g/mol. The van der Waals surface area contributed by atoms with Crippen molar-refractivity contribution in [2.24, 2.45) is 9.98 Å². The van der Waals surface area contributed by atoms with E-state index >= 15 is 0 Å². The van der Waals surface area contributed by atoms with Crippen LogP contribution in [0.3, 0.4) is 0 Å². The number of thioether (sulfide) groups is 1. The van der Waals surface area contributed by atoms with E-state index in [0.29, 0.717) is 11.6 Å². The smallest absolute Gasteiger partial charge is 0.210 e. The van der Waals surface area contributed by atoms with Crippen molar-refractivity contribution in [1.82, 2.24) is 4.98 Å². The summed E-state index contributed by atoms with van der Waals surface area (Å²) in [6, 6.07) is 3.93. The van der Waals surface area contributed by atoms with E-state index in [-0.39, 0.29) is 0 Å². The summed E-state index contributed by atoms with van der Waals surface area (Å²) in [7, 11) is 3.23. The Bertz CT molecular complexity index is 469. The maximum absolute atomic E-state index is 5.10. The van der Waals surface area contributed by atoms with Crippen LogP contribution in [0.2, 0.25) is 0 Å². The fourth-order valence-corrected chi connectivity index (χ4v) is 2.16. The summed E-state index contributed by atoms with van der Waals surface area (Å²) in [6.45, 7) is 5.68. The molecule has 0 N–H and O–H groups in total. The molecule has 1 rings (SSSR count). The van der Waals surface area contributed by atoms with Gasteiger partial charge in [0.15, 0.2) is 0 Å². The summed E-state index contributed by atoms with van der Waals surface area (Å²) >= 11 is 1.72. The highest BCUT2D eigenvalue weighted by Gasteiger charge is 2.09. The lowest BCUT2D eigenvalue weighted by Gasteiger charge is -2.07. The standard InChI is InChI=1S/C13H17N3OS/c1-5-18-11-7-6-8-16-13(11)10(14-2)9-12(15-3)17-4/h6-9H,2,5H2,1,3-4H3/b10-9-,15-12+. The zero-order chi connectivity index (χ0) is 13.4. The van der Waals surface area contributed by atoms with Gasteiger partial charge in [-0.15, -0.1) is 11.8 Å². The van der Waals surface area contributed by atoms with Crippen molar-refractivity contribution in [1.29, 1.82) is 0 Å². The van der Waals surface area contributed by atoms with E-state index in [0.717, 1.165) is 16.3 Å². The molecule has 5 heteroatoms. The Morgan fingerprint density at radius 3 is 2.94 bits per heavy atom. The Morgan fingerprint density at radius 2 is 2.39 bits per heavy atom. The quantitative estimate of drug-likeness (QED) is 0.466. The third-order valence-electron chi connectivity index (χ3n) is 2.17. The zero-order valence-electron chi connectivity index (χ0n) is 10.9. The van der Waals surface area contributed by atoms with E-state index in [9.17, 15) is 0 Å². The van der Waals surface area contributed by atoms with Crippen molar-refractivity contribution in [3.05, 3.63) is 30.1 Å². The normalized spacial score (nSPS) is 12.4. The number of aliphatic imine (C=N–C) groups is 2. The molecule has 0 amide bonds. The van der Waals surface area contributed by atoms with Gasteiger partial charge < -0.3 is 4.74 Å². The summed E-state index contributed by atoms with van der Waals surface area (Å²) in [6.07, 6.45) is 3.47. The van der Waals surface area contributed by atoms with Crippen LogP contribution in [0.1, 0.15) is 12.6 Å². The molecule has 4 nitrogen and oxygen atoms in total. The topological polar surface area (TPSA) is 46.8 Å². The average Bonchev–Trinajstić information content (AvgIpc) is 2.42. The molecule has 0 aliphatic carbocycles. The zero-order valence-corrected chi connectivity index (χ0v) is 11.7. The molecule has 0 bridgehead atoms. The number of aromatic nitrogens is 1. The van der Waals surface area contributed by atoms with Gasteiger partial charge in [-0.25, -0.2) is 0 Å². The van der Waals surface area contributed by atoms with Gasteiger partial charge in [-0.3, -0.25) is 15.0 Å². The highest BCUT2D eigenvalue weighted by atomic mass is 32.2. The molecule has 0 unspecified atom stereocenters. The largest absolute Gasteiger partial charge is 0.481 e. The van der Waals surface area contributed by atoms with Gasteiger partial charge >= 0.3 is 0 Å². The van der Waals surface area contributed by atoms with Crippen LogP contribution in [-0.2, 0) is 4.74 Å². The molecule has 0 aliphatic rings. The molecule has 0 aliphatic heterocycles. The van der Waals surface area contributed by atoms with Crippen LogP contribution < -0.4 is 0 Å². The number of pyridine rings is 1. The number of hydrogen-bond acceptors (Lipinski definition) is 5. The Hall–Kier alpha value is -1.62. The van der Waals surface area contributed by atoms with E-state index in [1.54, 1.807) is 38.2 Å². The van der Waals surface area contributed by atoms with Crippen molar-refractivity contribution in [2.75, 3.05) is 19.9 Å². The molecule has 1 aromatic rings. The lowest BCUT2D eigenvalue weighted by Crippen LogP contribution is -1.99. The third-order valence-corrected chi connectivity index (χ3v) is 3.10. The van der Waals surface area contributed by atoms with E-state index < -0.39 is 0 Å². The van der Waals surface area contributed by atoms with Crippen LogP contribution in [-0.4, -0.2) is 37.5 Å². The summed E-state index contributed by atoms with van der Waals surface area (Å²) in [4.78, 5) is 13.4. The van der Waals surface area contributed by atoms with Crippen molar-refractivity contribution in [2.45, 2.75) is 11.8 Å². The van der Waals surface area contributed by atoms with Gasteiger partial charge in [0.25, 0.3) is 0 Å². The predicted octanol–water partition coefficient (Wildman–Crippen LogP) is 2.91. The molecule has 96 valence electrons. The van der Waals surface area contributed by atoms with Crippen molar-refractivity contribution in [3.63, 3.8) is 0 Å². The van der Waals surface area contributed by atoms with E-state index in [1.807, 2.05) is 12.1 Å². The maximum atomic E-state index is 5.10. The first-order chi connectivity index (χ1) is 8.76. The van der Waals surface area contributed by atoms with Crippen LogP contribution in [0.15, 0.2) is 39.3 Å². The first-order valence-electron chi connectivity index (χ1n) is 5.54. The molecular formula is C13H17N3OS. The highest BCUT2D eigenvalue weighted by Crippen LogP contribution is 2.26. The summed E-state index contributed by atoms with van der Waals surface area (Å²) < 4.78 is 5.10. The Morgan fingerprint density at radius 1 is 1.61 bits per heavy atom. The third kappa shape index (κ3) is 3.70. The molecule has 1 heterocycles.